The van der Waals surface area contributed by atoms with E-state index in [9.17, 15) is 14.0 Å². The van der Waals surface area contributed by atoms with Gasteiger partial charge in [0.25, 0.3) is 0 Å². The number of hydrogen-bond acceptors (Lipinski definition) is 5. The van der Waals surface area contributed by atoms with Crippen LogP contribution in [0.2, 0.25) is 0 Å². The molecule has 0 saturated heterocycles. The van der Waals surface area contributed by atoms with Gasteiger partial charge >= 0.3 is 6.03 Å². The lowest BCUT2D eigenvalue weighted by molar-refractivity contribution is -0.121. The molecule has 0 spiro atoms. The van der Waals surface area contributed by atoms with Crippen molar-refractivity contribution in [2.45, 2.75) is 77.8 Å². The minimum Gasteiger partial charge on any atom is -0.353 e. The van der Waals surface area contributed by atoms with Crippen LogP contribution in [-0.2, 0) is 11.2 Å². The number of halogens is 1. The summed E-state index contributed by atoms with van der Waals surface area (Å²) in [4.78, 5) is 31.6. The van der Waals surface area contributed by atoms with Gasteiger partial charge in [-0.3, -0.25) is 10.1 Å². The highest BCUT2D eigenvalue weighted by molar-refractivity contribution is 7.13. The smallest absolute Gasteiger partial charge is 0.321 e. The Morgan fingerprint density at radius 2 is 1.92 bits per heavy atom. The van der Waals surface area contributed by atoms with Crippen LogP contribution in [-0.4, -0.2) is 53.5 Å². The van der Waals surface area contributed by atoms with E-state index >= 15 is 0 Å². The summed E-state index contributed by atoms with van der Waals surface area (Å²) >= 11 is 1.41. The molecule has 1 fully saturated rings. The topological polar surface area (TPSA) is 86.4 Å². The highest BCUT2D eigenvalue weighted by Gasteiger charge is 2.33. The number of hydrogen-bond donors (Lipinski definition) is 3. The van der Waals surface area contributed by atoms with Gasteiger partial charge in [0.05, 0.1) is 5.69 Å². The van der Waals surface area contributed by atoms with Gasteiger partial charge in [0.15, 0.2) is 5.13 Å². The van der Waals surface area contributed by atoms with E-state index in [1.165, 1.54) is 23.5 Å². The monoisotopic (exact) mass is 517 g/mol. The molecule has 0 aliphatic heterocycles. The van der Waals surface area contributed by atoms with Crippen molar-refractivity contribution in [3.8, 4) is 0 Å². The van der Waals surface area contributed by atoms with Crippen LogP contribution in [0.15, 0.2) is 29.6 Å². The molecule has 3 rings (SSSR count). The number of aromatic nitrogens is 1. The molecule has 1 aromatic carbocycles. The Labute approximate surface area is 218 Å². The molecule has 7 nitrogen and oxygen atoms in total. The maximum absolute atomic E-state index is 13.2. The summed E-state index contributed by atoms with van der Waals surface area (Å²) in [6, 6.07) is 6.52. The van der Waals surface area contributed by atoms with Gasteiger partial charge < -0.3 is 15.5 Å². The van der Waals surface area contributed by atoms with Crippen LogP contribution in [0.4, 0.5) is 14.3 Å². The number of benzene rings is 1. The summed E-state index contributed by atoms with van der Waals surface area (Å²) in [5.41, 5.74) is 2.03. The Balaban J connectivity index is 1.60. The second-order valence-corrected chi connectivity index (χ2v) is 10.6. The number of rotatable bonds is 12. The maximum atomic E-state index is 13.2. The summed E-state index contributed by atoms with van der Waals surface area (Å²) in [5, 5.41) is 11.7. The van der Waals surface area contributed by atoms with Gasteiger partial charge in [-0.1, -0.05) is 26.0 Å². The van der Waals surface area contributed by atoms with Gasteiger partial charge in [-0.25, -0.2) is 14.2 Å². The van der Waals surface area contributed by atoms with Gasteiger partial charge in [-0.05, 0) is 82.2 Å². The van der Waals surface area contributed by atoms with Crippen LogP contribution >= 0.6 is 11.3 Å². The number of thiazole rings is 1. The predicted octanol–water partition coefficient (Wildman–Crippen LogP) is 5.12. The van der Waals surface area contributed by atoms with E-state index in [4.69, 9.17) is 0 Å². The Morgan fingerprint density at radius 1 is 1.14 bits per heavy atom. The molecule has 3 unspecified atom stereocenters. The summed E-state index contributed by atoms with van der Waals surface area (Å²) in [5.74, 6) is 0.138. The SMILES string of the molecule is CCCN(CCCc1ccc(F)cc1)CC1CCC(NC(=O)CC)CC1NC(=O)Nc1nc(C)cs1. The molecule has 1 aliphatic rings. The lowest BCUT2D eigenvalue weighted by Crippen LogP contribution is -2.53. The third-order valence-corrected chi connectivity index (χ3v) is 7.60. The number of nitrogens with zero attached hydrogens (tertiary/aromatic N) is 2. The Hall–Kier alpha value is -2.52. The number of urea groups is 1. The van der Waals surface area contributed by atoms with Crippen molar-refractivity contribution in [3.63, 3.8) is 0 Å². The van der Waals surface area contributed by atoms with Crippen molar-refractivity contribution < 1.29 is 14.0 Å². The van der Waals surface area contributed by atoms with Crippen molar-refractivity contribution in [1.82, 2.24) is 20.5 Å². The summed E-state index contributed by atoms with van der Waals surface area (Å²) in [6.45, 7) is 8.78. The third-order valence-electron chi connectivity index (χ3n) is 6.72. The Kier molecular flexibility index (Phi) is 11.1. The molecule has 1 saturated carbocycles. The van der Waals surface area contributed by atoms with Crippen LogP contribution in [0, 0.1) is 18.7 Å². The molecule has 3 atom stereocenters. The van der Waals surface area contributed by atoms with Gasteiger partial charge in [-0.15, -0.1) is 11.3 Å². The molecule has 1 aliphatic carbocycles. The highest BCUT2D eigenvalue weighted by atomic mass is 32.1. The Morgan fingerprint density at radius 3 is 2.58 bits per heavy atom. The van der Waals surface area contributed by atoms with Crippen molar-refractivity contribution in [1.29, 1.82) is 0 Å². The molecule has 2 aromatic rings. The van der Waals surface area contributed by atoms with Gasteiger partial charge in [0.2, 0.25) is 5.91 Å². The first-order chi connectivity index (χ1) is 17.4. The maximum Gasteiger partial charge on any atom is 0.321 e. The zero-order chi connectivity index (χ0) is 25.9. The molecule has 36 heavy (non-hydrogen) atoms. The predicted molar refractivity (Wildman–Crippen MR) is 144 cm³/mol. The van der Waals surface area contributed by atoms with Crippen LogP contribution in [0.25, 0.3) is 0 Å². The summed E-state index contributed by atoms with van der Waals surface area (Å²) < 4.78 is 13.2. The second-order valence-electron chi connectivity index (χ2n) is 9.72. The van der Waals surface area contributed by atoms with Crippen LogP contribution < -0.4 is 16.0 Å². The molecule has 3 N–H and O–H groups in total. The lowest BCUT2D eigenvalue weighted by Gasteiger charge is -2.39. The number of aryl methyl sites for hydroxylation is 2. The van der Waals surface area contributed by atoms with Crippen molar-refractivity contribution in [2.75, 3.05) is 25.0 Å². The molecule has 1 heterocycles. The minimum atomic E-state index is -0.250. The zero-order valence-corrected chi connectivity index (χ0v) is 22.5. The largest absolute Gasteiger partial charge is 0.353 e. The molecule has 0 radical (unpaired) electrons. The van der Waals surface area contributed by atoms with E-state index < -0.39 is 0 Å². The van der Waals surface area contributed by atoms with Crippen LogP contribution in [0.1, 0.15) is 63.6 Å². The fourth-order valence-corrected chi connectivity index (χ4v) is 5.59. The quantitative estimate of drug-likeness (QED) is 0.365. The molecular formula is C27H40FN5O2S. The van der Waals surface area contributed by atoms with Crippen LogP contribution in [0.3, 0.4) is 0 Å². The molecule has 3 amide bonds. The fraction of sp³-hybridized carbons (Fsp3) is 0.593. The zero-order valence-electron chi connectivity index (χ0n) is 21.7. The van der Waals surface area contributed by atoms with E-state index in [0.29, 0.717) is 17.5 Å². The van der Waals surface area contributed by atoms with Gasteiger partial charge in [0.1, 0.15) is 5.82 Å². The molecular weight excluding hydrogens is 477 g/mol. The number of carbonyl (C=O) groups is 2. The summed E-state index contributed by atoms with van der Waals surface area (Å²) in [6.07, 6.45) is 5.99. The highest BCUT2D eigenvalue weighted by Crippen LogP contribution is 2.27. The number of anilines is 1. The first-order valence-electron chi connectivity index (χ1n) is 13.1. The van der Waals surface area contributed by atoms with E-state index in [1.807, 2.05) is 31.4 Å². The lowest BCUT2D eigenvalue weighted by atomic mass is 9.81. The first kappa shape index (κ1) is 28.1. The molecule has 198 valence electrons. The normalized spacial score (nSPS) is 19.8. The van der Waals surface area contributed by atoms with Crippen LogP contribution in [0.5, 0.6) is 0 Å². The second kappa shape index (κ2) is 14.3. The number of amides is 3. The van der Waals surface area contributed by atoms with E-state index in [2.05, 4.69) is 32.8 Å². The van der Waals surface area contributed by atoms with E-state index in [1.54, 1.807) is 0 Å². The Bertz CT molecular complexity index is 967. The first-order valence-corrected chi connectivity index (χ1v) is 14.0. The summed E-state index contributed by atoms with van der Waals surface area (Å²) in [7, 11) is 0. The average Bonchev–Trinajstić information content (AvgIpc) is 3.26. The van der Waals surface area contributed by atoms with Gasteiger partial charge in [-0.2, -0.15) is 0 Å². The molecule has 0 bridgehead atoms. The van der Waals surface area contributed by atoms with Crippen molar-refractivity contribution in [2.24, 2.45) is 5.92 Å². The fourth-order valence-electron chi connectivity index (χ4n) is 4.90. The minimum absolute atomic E-state index is 0.0431. The van der Waals surface area contributed by atoms with Crippen molar-refractivity contribution >= 4 is 28.4 Å². The average molecular weight is 518 g/mol. The third kappa shape index (κ3) is 9.17. The standard InChI is InChI=1S/C27H40FN5O2S/c1-4-14-33(15-6-7-20-8-11-22(28)12-9-20)17-21-10-13-23(30-25(34)5-2)16-24(21)31-26(35)32-27-29-19(3)18-36-27/h8-9,11-12,18,21,23-24H,4-7,10,13-17H2,1-3H3,(H,30,34)(H2,29,31,32,35). The van der Waals surface area contributed by atoms with Gasteiger partial charge in [0, 0.05) is 30.4 Å². The number of nitrogens with one attached hydrogen (secondary N) is 3. The molecule has 1 aromatic heterocycles. The van der Waals surface area contributed by atoms with Crippen molar-refractivity contribution in [3.05, 3.63) is 46.7 Å². The molecule has 9 heteroatoms. The van der Waals surface area contributed by atoms with E-state index in [0.717, 1.165) is 69.4 Å². The number of carbonyl (C=O) groups excluding carboxylic acids is 2. The van der Waals surface area contributed by atoms with E-state index in [-0.39, 0.29) is 29.8 Å².